The zero-order valence-corrected chi connectivity index (χ0v) is 21.0. The summed E-state index contributed by atoms with van der Waals surface area (Å²) in [5.41, 5.74) is -1.12. The number of ether oxygens (including phenoxy) is 1. The number of allylic oxidation sites excluding steroid dienone is 1. The van der Waals surface area contributed by atoms with Gasteiger partial charge in [-0.25, -0.2) is 14.4 Å². The largest absolute Gasteiger partial charge is 0.463 e. The van der Waals surface area contributed by atoms with Crippen LogP contribution in [0.2, 0.25) is 5.28 Å². The first-order valence-electron chi connectivity index (χ1n) is 11.0. The number of halogens is 1. The van der Waals surface area contributed by atoms with Crippen molar-refractivity contribution in [3.8, 4) is 0 Å². The molecule has 194 valence electrons. The zero-order valence-electron chi connectivity index (χ0n) is 20.2. The van der Waals surface area contributed by atoms with Gasteiger partial charge in [-0.1, -0.05) is 12.1 Å². The van der Waals surface area contributed by atoms with Crippen molar-refractivity contribution in [1.82, 2.24) is 28.9 Å². The molecule has 1 aliphatic heterocycles. The van der Waals surface area contributed by atoms with Gasteiger partial charge < -0.3 is 14.6 Å². The molecule has 0 fully saturated rings. The van der Waals surface area contributed by atoms with Crippen molar-refractivity contribution < 1.29 is 19.2 Å². The second-order valence-corrected chi connectivity index (χ2v) is 8.56. The average Bonchev–Trinajstić information content (AvgIpc) is 3.20. The van der Waals surface area contributed by atoms with Crippen molar-refractivity contribution in [2.45, 2.75) is 19.5 Å². The number of benzene rings is 1. The van der Waals surface area contributed by atoms with Crippen LogP contribution in [0, 0.1) is 10.1 Å². The third kappa shape index (κ3) is 4.24. The molecule has 3 heterocycles. The maximum atomic E-state index is 13.2. The topological polar surface area (TPSA) is 164 Å². The first-order valence-corrected chi connectivity index (χ1v) is 11.4. The Labute approximate surface area is 213 Å². The number of nitro benzene ring substituents is 1. The molecule has 15 heteroatoms. The summed E-state index contributed by atoms with van der Waals surface area (Å²) in [4.78, 5) is 67.6. The van der Waals surface area contributed by atoms with Crippen molar-refractivity contribution in [3.05, 3.63) is 77.3 Å². The van der Waals surface area contributed by atoms with Gasteiger partial charge in [0.1, 0.15) is 0 Å². The van der Waals surface area contributed by atoms with Gasteiger partial charge in [0.05, 0.1) is 35.4 Å². The highest BCUT2D eigenvalue weighted by Gasteiger charge is 2.38. The predicted molar refractivity (Wildman–Crippen MR) is 131 cm³/mol. The van der Waals surface area contributed by atoms with Gasteiger partial charge in [-0.15, -0.1) is 0 Å². The molecule has 0 saturated heterocycles. The standard InChI is InChI=1S/C22H22ClN7O7/c1-5-37-19(32)14-13(10-29-16-17(25-20(29)23)27(3)22(34)28(4)18(16)31)26(2)21(33)24-15(14)11-7-6-8-12(9-11)30(35)36/h6-9,15H,5,10H2,1-4H3,(H,24,33). The van der Waals surface area contributed by atoms with Crippen LogP contribution < -0.4 is 16.6 Å². The van der Waals surface area contributed by atoms with E-state index in [2.05, 4.69) is 10.3 Å². The number of aryl methyl sites for hydroxylation is 1. The third-order valence-electron chi connectivity index (χ3n) is 6.10. The Morgan fingerprint density at radius 1 is 1.22 bits per heavy atom. The number of imidazole rings is 1. The van der Waals surface area contributed by atoms with E-state index >= 15 is 0 Å². The average molecular weight is 532 g/mol. The number of hydrogen-bond donors (Lipinski definition) is 1. The Morgan fingerprint density at radius 2 is 1.92 bits per heavy atom. The molecule has 0 spiro atoms. The lowest BCUT2D eigenvalue weighted by Gasteiger charge is -2.34. The van der Waals surface area contributed by atoms with Gasteiger partial charge >= 0.3 is 17.7 Å². The van der Waals surface area contributed by atoms with Crippen molar-refractivity contribution in [2.75, 3.05) is 13.7 Å². The molecule has 0 saturated carbocycles. The van der Waals surface area contributed by atoms with Crippen LogP contribution in [0.5, 0.6) is 0 Å². The van der Waals surface area contributed by atoms with Gasteiger partial charge in [0.2, 0.25) is 5.28 Å². The molecule has 0 aliphatic carbocycles. The van der Waals surface area contributed by atoms with Crippen molar-refractivity contribution in [2.24, 2.45) is 14.1 Å². The summed E-state index contributed by atoms with van der Waals surface area (Å²) >= 11 is 6.37. The summed E-state index contributed by atoms with van der Waals surface area (Å²) in [6.07, 6.45) is 0. The van der Waals surface area contributed by atoms with E-state index in [1.54, 1.807) is 6.92 Å². The Kier molecular flexibility index (Phi) is 6.61. The lowest BCUT2D eigenvalue weighted by molar-refractivity contribution is -0.384. The fourth-order valence-electron chi connectivity index (χ4n) is 4.18. The smallest absolute Gasteiger partial charge is 0.338 e. The van der Waals surface area contributed by atoms with Gasteiger partial charge in [0.25, 0.3) is 11.2 Å². The second-order valence-electron chi connectivity index (χ2n) is 8.22. The molecule has 2 amide bonds. The van der Waals surface area contributed by atoms with E-state index in [0.29, 0.717) is 0 Å². The number of likely N-dealkylation sites (N-methyl/N-ethyl adjacent to an activating group) is 1. The Morgan fingerprint density at radius 3 is 2.57 bits per heavy atom. The highest BCUT2D eigenvalue weighted by Crippen LogP contribution is 2.34. The number of rotatable bonds is 6. The van der Waals surface area contributed by atoms with Gasteiger partial charge in [-0.3, -0.25) is 28.9 Å². The van der Waals surface area contributed by atoms with Gasteiger partial charge in [0.15, 0.2) is 11.2 Å². The number of amides is 2. The highest BCUT2D eigenvalue weighted by molar-refractivity contribution is 6.29. The number of nitrogens with zero attached hydrogens (tertiary/aromatic N) is 6. The van der Waals surface area contributed by atoms with E-state index < -0.39 is 34.2 Å². The van der Waals surface area contributed by atoms with E-state index in [-0.39, 0.29) is 52.1 Å². The molecule has 1 aliphatic rings. The lowest BCUT2D eigenvalue weighted by atomic mass is 9.94. The first kappa shape index (κ1) is 25.6. The fraction of sp³-hybridized carbons (Fsp3) is 0.318. The Hall–Kier alpha value is -4.46. The molecule has 4 rings (SSSR count). The van der Waals surface area contributed by atoms with Crippen LogP contribution in [-0.4, -0.2) is 54.2 Å². The number of fused-ring (bicyclic) bond motifs is 1. The maximum Gasteiger partial charge on any atom is 0.338 e. The molecule has 0 radical (unpaired) electrons. The van der Waals surface area contributed by atoms with E-state index in [0.717, 1.165) is 14.0 Å². The Balaban J connectivity index is 1.99. The summed E-state index contributed by atoms with van der Waals surface area (Å²) in [5.74, 6) is -0.776. The molecule has 14 nitrogen and oxygen atoms in total. The molecular formula is C22H22ClN7O7. The number of nitrogens with one attached hydrogen (secondary N) is 1. The van der Waals surface area contributed by atoms with E-state index in [4.69, 9.17) is 16.3 Å². The minimum absolute atomic E-state index is 0.0102. The zero-order chi connectivity index (χ0) is 27.2. The van der Waals surface area contributed by atoms with Gasteiger partial charge in [0, 0.05) is 33.3 Å². The minimum Gasteiger partial charge on any atom is -0.463 e. The molecule has 1 aromatic carbocycles. The summed E-state index contributed by atoms with van der Waals surface area (Å²) in [7, 11) is 4.14. The summed E-state index contributed by atoms with van der Waals surface area (Å²) in [5, 5.41) is 13.9. The SMILES string of the molecule is CCOC(=O)C1=C(Cn2c(Cl)nc3c2c(=O)n(C)c(=O)n3C)N(C)C(=O)NC1c1cccc([N+](=O)[O-])c1. The van der Waals surface area contributed by atoms with Crippen LogP contribution in [0.4, 0.5) is 10.5 Å². The molecular weight excluding hydrogens is 510 g/mol. The van der Waals surface area contributed by atoms with Crippen LogP contribution >= 0.6 is 11.6 Å². The number of nitro groups is 1. The quantitative estimate of drug-likeness (QED) is 0.214. The molecule has 2 aromatic heterocycles. The normalized spacial score (nSPS) is 15.8. The molecule has 1 N–H and O–H groups in total. The van der Waals surface area contributed by atoms with Crippen LogP contribution in [0.1, 0.15) is 18.5 Å². The van der Waals surface area contributed by atoms with Crippen LogP contribution in [0.3, 0.4) is 0 Å². The third-order valence-corrected chi connectivity index (χ3v) is 6.38. The highest BCUT2D eigenvalue weighted by atomic mass is 35.5. The number of esters is 1. The van der Waals surface area contributed by atoms with E-state index in [9.17, 15) is 29.3 Å². The van der Waals surface area contributed by atoms with Gasteiger partial charge in [-0.2, -0.15) is 4.98 Å². The second kappa shape index (κ2) is 9.54. The van der Waals surface area contributed by atoms with E-state index in [1.165, 1.54) is 50.0 Å². The number of aromatic nitrogens is 4. The summed E-state index contributed by atoms with van der Waals surface area (Å²) in [6.45, 7) is 1.36. The minimum atomic E-state index is -1.10. The maximum absolute atomic E-state index is 13.2. The van der Waals surface area contributed by atoms with Crippen LogP contribution in [0.15, 0.2) is 45.1 Å². The number of non-ortho nitro benzene ring substituents is 1. The number of carbonyl (C=O) groups is 2. The monoisotopic (exact) mass is 531 g/mol. The van der Waals surface area contributed by atoms with Crippen LogP contribution in [0.25, 0.3) is 11.2 Å². The number of hydrogen-bond acceptors (Lipinski definition) is 8. The number of urea groups is 1. The van der Waals surface area contributed by atoms with Crippen molar-refractivity contribution in [3.63, 3.8) is 0 Å². The molecule has 37 heavy (non-hydrogen) atoms. The van der Waals surface area contributed by atoms with Crippen molar-refractivity contribution >= 4 is 40.5 Å². The molecule has 1 unspecified atom stereocenters. The van der Waals surface area contributed by atoms with Crippen molar-refractivity contribution in [1.29, 1.82) is 0 Å². The molecule has 3 aromatic rings. The first-order chi connectivity index (χ1) is 17.5. The van der Waals surface area contributed by atoms with E-state index in [1.807, 2.05) is 0 Å². The lowest BCUT2D eigenvalue weighted by Crippen LogP contribution is -2.47. The molecule has 0 bridgehead atoms. The predicted octanol–water partition coefficient (Wildman–Crippen LogP) is 1.21. The Bertz CT molecular complexity index is 1620. The fourth-order valence-corrected chi connectivity index (χ4v) is 4.40. The summed E-state index contributed by atoms with van der Waals surface area (Å²) < 4.78 is 8.59. The van der Waals surface area contributed by atoms with Crippen LogP contribution in [-0.2, 0) is 30.2 Å². The number of carbonyl (C=O) groups excluding carboxylic acids is 2. The summed E-state index contributed by atoms with van der Waals surface area (Å²) in [6, 6.07) is 3.79. The van der Waals surface area contributed by atoms with Gasteiger partial charge in [-0.05, 0) is 24.1 Å². The molecule has 1 atom stereocenters.